The van der Waals surface area contributed by atoms with E-state index in [-0.39, 0.29) is 0 Å². The maximum absolute atomic E-state index is 6.21. The SMILES string of the molecule is CN(C)c1ccc(-c2cc(N)n(C)n2)cc1Cl. The van der Waals surface area contributed by atoms with Crippen LogP contribution in [0.3, 0.4) is 0 Å². The summed E-state index contributed by atoms with van der Waals surface area (Å²) < 4.78 is 1.64. The van der Waals surface area contributed by atoms with E-state index in [2.05, 4.69) is 5.10 Å². The Bertz CT molecular complexity index is 526. The van der Waals surface area contributed by atoms with Gasteiger partial charge in [-0.3, -0.25) is 4.68 Å². The Morgan fingerprint density at radius 2 is 2.00 bits per heavy atom. The maximum atomic E-state index is 6.21. The second-order valence-electron chi connectivity index (χ2n) is 4.14. The van der Waals surface area contributed by atoms with Gasteiger partial charge in [0.1, 0.15) is 5.82 Å². The fraction of sp³-hybridized carbons (Fsp3) is 0.250. The van der Waals surface area contributed by atoms with Crippen LogP contribution < -0.4 is 10.6 Å². The molecule has 0 saturated carbocycles. The quantitative estimate of drug-likeness (QED) is 0.890. The first kappa shape index (κ1) is 11.8. The van der Waals surface area contributed by atoms with Crippen LogP contribution in [-0.4, -0.2) is 23.9 Å². The van der Waals surface area contributed by atoms with Crippen molar-refractivity contribution >= 4 is 23.1 Å². The number of nitrogen functional groups attached to an aromatic ring is 1. The Hall–Kier alpha value is -1.68. The van der Waals surface area contributed by atoms with Crippen molar-refractivity contribution in [3.8, 4) is 11.3 Å². The van der Waals surface area contributed by atoms with Crippen LogP contribution in [0.25, 0.3) is 11.3 Å². The highest BCUT2D eigenvalue weighted by Crippen LogP contribution is 2.30. The number of rotatable bonds is 2. The number of hydrogen-bond donors (Lipinski definition) is 1. The zero-order valence-electron chi connectivity index (χ0n) is 10.1. The van der Waals surface area contributed by atoms with Gasteiger partial charge in [0.2, 0.25) is 0 Å². The molecule has 2 rings (SSSR count). The van der Waals surface area contributed by atoms with E-state index in [0.29, 0.717) is 10.8 Å². The molecule has 1 aromatic carbocycles. The highest BCUT2D eigenvalue weighted by Gasteiger charge is 2.08. The van der Waals surface area contributed by atoms with E-state index in [1.165, 1.54) is 0 Å². The van der Waals surface area contributed by atoms with Gasteiger partial charge in [-0.15, -0.1) is 0 Å². The minimum atomic E-state index is 0.632. The van der Waals surface area contributed by atoms with Gasteiger partial charge < -0.3 is 10.6 Å². The summed E-state index contributed by atoms with van der Waals surface area (Å²) in [5, 5.41) is 5.02. The van der Waals surface area contributed by atoms with E-state index in [1.54, 1.807) is 4.68 Å². The van der Waals surface area contributed by atoms with Crippen LogP contribution >= 0.6 is 11.6 Å². The molecule has 0 radical (unpaired) electrons. The molecular formula is C12H15ClN4. The lowest BCUT2D eigenvalue weighted by atomic mass is 10.1. The molecule has 0 aliphatic carbocycles. The third-order valence-electron chi connectivity index (χ3n) is 2.64. The van der Waals surface area contributed by atoms with Crippen molar-refractivity contribution in [1.82, 2.24) is 9.78 Å². The van der Waals surface area contributed by atoms with E-state index >= 15 is 0 Å². The minimum absolute atomic E-state index is 0.632. The van der Waals surface area contributed by atoms with Gasteiger partial charge >= 0.3 is 0 Å². The number of nitrogens with two attached hydrogens (primary N) is 1. The highest BCUT2D eigenvalue weighted by molar-refractivity contribution is 6.33. The summed E-state index contributed by atoms with van der Waals surface area (Å²) in [6.45, 7) is 0. The molecule has 2 aromatic rings. The summed E-state index contributed by atoms with van der Waals surface area (Å²) in [5.74, 6) is 0.632. The zero-order valence-corrected chi connectivity index (χ0v) is 10.9. The Morgan fingerprint density at radius 3 is 2.47 bits per heavy atom. The minimum Gasteiger partial charge on any atom is -0.384 e. The second-order valence-corrected chi connectivity index (χ2v) is 4.55. The lowest BCUT2D eigenvalue weighted by Crippen LogP contribution is -2.08. The molecule has 0 spiro atoms. The molecule has 5 heteroatoms. The summed E-state index contributed by atoms with van der Waals surface area (Å²) in [6.07, 6.45) is 0. The third kappa shape index (κ3) is 2.22. The number of aryl methyl sites for hydroxylation is 1. The summed E-state index contributed by atoms with van der Waals surface area (Å²) in [7, 11) is 5.73. The van der Waals surface area contributed by atoms with Crippen LogP contribution in [0.1, 0.15) is 0 Å². The summed E-state index contributed by atoms with van der Waals surface area (Å²) in [6, 6.07) is 7.70. The summed E-state index contributed by atoms with van der Waals surface area (Å²) >= 11 is 6.21. The lowest BCUT2D eigenvalue weighted by Gasteiger charge is -2.14. The first-order valence-corrected chi connectivity index (χ1v) is 5.63. The molecule has 0 saturated heterocycles. The molecular weight excluding hydrogens is 236 g/mol. The Morgan fingerprint density at radius 1 is 1.29 bits per heavy atom. The lowest BCUT2D eigenvalue weighted by molar-refractivity contribution is 0.782. The van der Waals surface area contributed by atoms with Crippen molar-refractivity contribution in [3.05, 3.63) is 29.3 Å². The Labute approximate surface area is 106 Å². The normalized spacial score (nSPS) is 10.6. The van der Waals surface area contributed by atoms with E-state index in [9.17, 15) is 0 Å². The summed E-state index contributed by atoms with van der Waals surface area (Å²) in [5.41, 5.74) is 8.54. The van der Waals surface area contributed by atoms with Gasteiger partial charge in [-0.25, -0.2) is 0 Å². The first-order valence-electron chi connectivity index (χ1n) is 5.26. The average Bonchev–Trinajstić information content (AvgIpc) is 2.58. The molecule has 1 heterocycles. The van der Waals surface area contributed by atoms with Gasteiger partial charge in [-0.1, -0.05) is 17.7 Å². The zero-order chi connectivity index (χ0) is 12.6. The van der Waals surface area contributed by atoms with Crippen molar-refractivity contribution in [2.75, 3.05) is 24.7 Å². The standard InChI is InChI=1S/C12H15ClN4/c1-16(2)11-5-4-8(6-9(11)13)10-7-12(14)17(3)15-10/h4-7H,14H2,1-3H3. The molecule has 17 heavy (non-hydrogen) atoms. The number of halogens is 1. The Kier molecular flexibility index (Phi) is 2.98. The summed E-state index contributed by atoms with van der Waals surface area (Å²) in [4.78, 5) is 1.97. The van der Waals surface area contributed by atoms with Crippen LogP contribution in [0, 0.1) is 0 Å². The fourth-order valence-electron chi connectivity index (χ4n) is 1.65. The molecule has 4 nitrogen and oxygen atoms in total. The molecule has 0 unspecified atom stereocenters. The predicted molar refractivity (Wildman–Crippen MR) is 72.4 cm³/mol. The van der Waals surface area contributed by atoms with Crippen molar-refractivity contribution in [2.45, 2.75) is 0 Å². The van der Waals surface area contributed by atoms with Crippen LogP contribution in [0.4, 0.5) is 11.5 Å². The van der Waals surface area contributed by atoms with Gasteiger partial charge in [0.25, 0.3) is 0 Å². The molecule has 0 bridgehead atoms. The molecule has 0 atom stereocenters. The van der Waals surface area contributed by atoms with Gasteiger partial charge in [-0.2, -0.15) is 5.10 Å². The maximum Gasteiger partial charge on any atom is 0.121 e. The molecule has 0 amide bonds. The largest absolute Gasteiger partial charge is 0.384 e. The number of aromatic nitrogens is 2. The third-order valence-corrected chi connectivity index (χ3v) is 2.94. The molecule has 90 valence electrons. The molecule has 2 N–H and O–H groups in total. The highest BCUT2D eigenvalue weighted by atomic mass is 35.5. The van der Waals surface area contributed by atoms with E-state index < -0.39 is 0 Å². The smallest absolute Gasteiger partial charge is 0.121 e. The van der Waals surface area contributed by atoms with Crippen molar-refractivity contribution in [2.24, 2.45) is 7.05 Å². The van der Waals surface area contributed by atoms with Gasteiger partial charge in [0, 0.05) is 32.8 Å². The van der Waals surface area contributed by atoms with Crippen LogP contribution in [0.2, 0.25) is 5.02 Å². The number of benzene rings is 1. The average molecular weight is 251 g/mol. The van der Waals surface area contributed by atoms with Crippen LogP contribution in [0.5, 0.6) is 0 Å². The van der Waals surface area contributed by atoms with Crippen molar-refractivity contribution < 1.29 is 0 Å². The number of nitrogens with zero attached hydrogens (tertiary/aromatic N) is 3. The number of hydrogen-bond acceptors (Lipinski definition) is 3. The molecule has 0 fully saturated rings. The van der Waals surface area contributed by atoms with E-state index in [0.717, 1.165) is 16.9 Å². The Balaban J connectivity index is 2.44. The van der Waals surface area contributed by atoms with Crippen molar-refractivity contribution in [1.29, 1.82) is 0 Å². The molecule has 0 aliphatic heterocycles. The van der Waals surface area contributed by atoms with E-state index in [4.69, 9.17) is 17.3 Å². The predicted octanol–water partition coefficient (Wildman–Crippen LogP) is 2.39. The molecule has 1 aromatic heterocycles. The second kappa shape index (κ2) is 4.30. The molecule has 0 aliphatic rings. The van der Waals surface area contributed by atoms with Crippen molar-refractivity contribution in [3.63, 3.8) is 0 Å². The van der Waals surface area contributed by atoms with E-state index in [1.807, 2.05) is 50.3 Å². The van der Waals surface area contributed by atoms with Gasteiger partial charge in [0.05, 0.1) is 16.4 Å². The van der Waals surface area contributed by atoms with Gasteiger partial charge in [0.15, 0.2) is 0 Å². The number of anilines is 2. The first-order chi connectivity index (χ1) is 7.99. The van der Waals surface area contributed by atoms with Crippen LogP contribution in [0.15, 0.2) is 24.3 Å². The monoisotopic (exact) mass is 250 g/mol. The fourth-order valence-corrected chi connectivity index (χ4v) is 2.00. The van der Waals surface area contributed by atoms with Crippen LogP contribution in [-0.2, 0) is 7.05 Å². The topological polar surface area (TPSA) is 47.1 Å². The van der Waals surface area contributed by atoms with Gasteiger partial charge in [-0.05, 0) is 12.1 Å².